The van der Waals surface area contributed by atoms with Crippen molar-refractivity contribution >= 4 is 33.2 Å². The molecule has 17 heavy (non-hydrogen) atoms. The molecule has 0 unspecified atom stereocenters. The lowest BCUT2D eigenvalue weighted by Gasteiger charge is -2.08. The van der Waals surface area contributed by atoms with Crippen LogP contribution >= 0.6 is 23.2 Å². The summed E-state index contributed by atoms with van der Waals surface area (Å²) in [6.07, 6.45) is 2.75. The fourth-order valence-corrected chi connectivity index (χ4v) is 3.19. The van der Waals surface area contributed by atoms with Crippen molar-refractivity contribution in [1.82, 2.24) is 9.19 Å². The summed E-state index contributed by atoms with van der Waals surface area (Å²) in [6.45, 7) is 1.65. The van der Waals surface area contributed by atoms with Gasteiger partial charge in [-0.2, -0.15) is 17.6 Å². The molecule has 2 aromatic rings. The van der Waals surface area contributed by atoms with E-state index in [-0.39, 0.29) is 9.92 Å². The summed E-state index contributed by atoms with van der Waals surface area (Å²) < 4.78 is 25.2. The summed E-state index contributed by atoms with van der Waals surface area (Å²) in [5.74, 6) is 0. The third-order valence-corrected chi connectivity index (χ3v) is 4.65. The van der Waals surface area contributed by atoms with E-state index in [2.05, 4.69) is 5.10 Å². The normalized spacial score (nSPS) is 11.7. The maximum atomic E-state index is 12.2. The minimum Gasteiger partial charge on any atom is -0.199 e. The first kappa shape index (κ1) is 12.4. The van der Waals surface area contributed by atoms with Gasteiger partial charge in [0.25, 0.3) is 10.0 Å². The van der Waals surface area contributed by atoms with E-state index in [9.17, 15) is 8.42 Å². The number of benzene rings is 1. The van der Waals surface area contributed by atoms with Gasteiger partial charge in [-0.05, 0) is 30.7 Å². The minimum atomic E-state index is -3.70. The van der Waals surface area contributed by atoms with Crippen LogP contribution in [0.2, 0.25) is 10.0 Å². The van der Waals surface area contributed by atoms with E-state index in [1.54, 1.807) is 6.92 Å². The molecule has 0 radical (unpaired) electrons. The van der Waals surface area contributed by atoms with Crippen LogP contribution in [0.1, 0.15) is 5.56 Å². The zero-order valence-corrected chi connectivity index (χ0v) is 11.1. The molecule has 2 rings (SSSR count). The third kappa shape index (κ3) is 2.18. The highest BCUT2D eigenvalue weighted by Gasteiger charge is 2.20. The van der Waals surface area contributed by atoms with Crippen molar-refractivity contribution in [1.29, 1.82) is 0 Å². The molecule has 90 valence electrons. The van der Waals surface area contributed by atoms with Crippen molar-refractivity contribution in [3.05, 3.63) is 46.2 Å². The fourth-order valence-electron chi connectivity index (χ4n) is 1.40. The average Bonchev–Trinajstić information content (AvgIpc) is 2.77. The standard InChI is InChI=1S/C10H8Cl2N2O2S/c1-7-5-8(11)9(12)6-10(7)17(15,16)14-4-2-3-13-14/h2-6H,1H3. The highest BCUT2D eigenvalue weighted by atomic mass is 35.5. The minimum absolute atomic E-state index is 0.0931. The molecule has 0 atom stereocenters. The highest BCUT2D eigenvalue weighted by Crippen LogP contribution is 2.28. The van der Waals surface area contributed by atoms with Crippen LogP contribution < -0.4 is 0 Å². The summed E-state index contributed by atoms with van der Waals surface area (Å²) in [6, 6.07) is 4.38. The maximum Gasteiger partial charge on any atom is 0.283 e. The molecule has 0 aliphatic heterocycles. The van der Waals surface area contributed by atoms with Gasteiger partial charge in [0.05, 0.1) is 21.1 Å². The molecule has 0 aliphatic rings. The van der Waals surface area contributed by atoms with Gasteiger partial charge in [-0.25, -0.2) is 0 Å². The van der Waals surface area contributed by atoms with Crippen molar-refractivity contribution in [3.8, 4) is 0 Å². The molecule has 0 aliphatic carbocycles. The Morgan fingerprint density at radius 2 is 1.88 bits per heavy atom. The number of hydrogen-bond donors (Lipinski definition) is 0. The van der Waals surface area contributed by atoms with E-state index in [1.165, 1.54) is 30.6 Å². The van der Waals surface area contributed by atoms with Crippen LogP contribution in [-0.2, 0) is 10.0 Å². The first-order chi connectivity index (χ1) is 7.93. The number of halogens is 2. The van der Waals surface area contributed by atoms with Crippen LogP contribution in [0.25, 0.3) is 0 Å². The number of hydrogen-bond acceptors (Lipinski definition) is 3. The van der Waals surface area contributed by atoms with E-state index in [4.69, 9.17) is 23.2 Å². The van der Waals surface area contributed by atoms with E-state index in [0.717, 1.165) is 4.09 Å². The molecule has 0 spiro atoms. The first-order valence-electron chi connectivity index (χ1n) is 4.64. The summed E-state index contributed by atoms with van der Waals surface area (Å²) in [5.41, 5.74) is 0.523. The predicted molar refractivity (Wildman–Crippen MR) is 66.0 cm³/mol. The molecule has 7 heteroatoms. The first-order valence-corrected chi connectivity index (χ1v) is 6.83. The second-order valence-corrected chi connectivity index (χ2v) is 5.99. The Morgan fingerprint density at radius 1 is 1.24 bits per heavy atom. The average molecular weight is 291 g/mol. The van der Waals surface area contributed by atoms with E-state index in [0.29, 0.717) is 10.6 Å². The van der Waals surface area contributed by atoms with Crippen molar-refractivity contribution in [2.75, 3.05) is 0 Å². The maximum absolute atomic E-state index is 12.2. The zero-order valence-electron chi connectivity index (χ0n) is 8.76. The van der Waals surface area contributed by atoms with Gasteiger partial charge in [0.15, 0.2) is 0 Å². The van der Waals surface area contributed by atoms with E-state index >= 15 is 0 Å². The Balaban J connectivity index is 2.67. The molecule has 0 amide bonds. The van der Waals surface area contributed by atoms with Crippen LogP contribution in [-0.4, -0.2) is 17.6 Å². The Labute approximate surface area is 109 Å². The molecule has 0 N–H and O–H groups in total. The molecule has 0 saturated carbocycles. The molecule has 0 saturated heterocycles. The number of rotatable bonds is 2. The van der Waals surface area contributed by atoms with Crippen molar-refractivity contribution < 1.29 is 8.42 Å². The van der Waals surface area contributed by atoms with Crippen LogP contribution in [0, 0.1) is 6.92 Å². The Kier molecular flexibility index (Phi) is 3.16. The predicted octanol–water partition coefficient (Wildman–Crippen LogP) is 2.74. The van der Waals surface area contributed by atoms with Crippen LogP contribution in [0.5, 0.6) is 0 Å². The summed E-state index contributed by atoms with van der Waals surface area (Å²) in [7, 11) is -3.70. The van der Waals surface area contributed by atoms with Gasteiger partial charge in [0.1, 0.15) is 0 Å². The lowest BCUT2D eigenvalue weighted by atomic mass is 10.2. The zero-order chi connectivity index (χ0) is 12.6. The van der Waals surface area contributed by atoms with Gasteiger partial charge in [0, 0.05) is 6.20 Å². The van der Waals surface area contributed by atoms with Crippen molar-refractivity contribution in [2.24, 2.45) is 0 Å². The molecule has 1 aromatic heterocycles. The second kappa shape index (κ2) is 4.33. The molecule has 1 heterocycles. The Bertz CT molecular complexity index is 651. The van der Waals surface area contributed by atoms with Gasteiger partial charge in [-0.1, -0.05) is 23.2 Å². The van der Waals surface area contributed by atoms with Gasteiger partial charge >= 0.3 is 0 Å². The Morgan fingerprint density at radius 3 is 2.47 bits per heavy atom. The topological polar surface area (TPSA) is 52.0 Å². The second-order valence-electron chi connectivity index (χ2n) is 3.42. The summed E-state index contributed by atoms with van der Waals surface area (Å²) in [5, 5.41) is 4.23. The molecular formula is C10H8Cl2N2O2S. The summed E-state index contributed by atoms with van der Waals surface area (Å²) >= 11 is 11.6. The fraction of sp³-hybridized carbons (Fsp3) is 0.100. The van der Waals surface area contributed by atoms with Crippen LogP contribution in [0.15, 0.2) is 35.5 Å². The van der Waals surface area contributed by atoms with Gasteiger partial charge in [-0.3, -0.25) is 0 Å². The quantitative estimate of drug-likeness (QED) is 0.855. The monoisotopic (exact) mass is 290 g/mol. The molecular weight excluding hydrogens is 283 g/mol. The van der Waals surface area contributed by atoms with Gasteiger partial charge < -0.3 is 0 Å². The van der Waals surface area contributed by atoms with Crippen LogP contribution in [0.4, 0.5) is 0 Å². The lowest BCUT2D eigenvalue weighted by Crippen LogP contribution is -2.14. The molecule has 0 fully saturated rings. The van der Waals surface area contributed by atoms with Crippen LogP contribution in [0.3, 0.4) is 0 Å². The van der Waals surface area contributed by atoms with Crippen molar-refractivity contribution in [2.45, 2.75) is 11.8 Å². The third-order valence-electron chi connectivity index (χ3n) is 2.22. The summed E-state index contributed by atoms with van der Waals surface area (Å²) in [4.78, 5) is 0.0931. The van der Waals surface area contributed by atoms with Gasteiger partial charge in [0.2, 0.25) is 0 Å². The molecule has 0 bridgehead atoms. The van der Waals surface area contributed by atoms with Gasteiger partial charge in [-0.15, -0.1) is 0 Å². The number of aromatic nitrogens is 2. The molecule has 1 aromatic carbocycles. The lowest BCUT2D eigenvalue weighted by molar-refractivity contribution is 0.579. The number of nitrogens with zero attached hydrogens (tertiary/aromatic N) is 2. The van der Waals surface area contributed by atoms with E-state index < -0.39 is 10.0 Å². The number of aryl methyl sites for hydroxylation is 1. The molecule has 4 nitrogen and oxygen atoms in total. The largest absolute Gasteiger partial charge is 0.283 e. The smallest absolute Gasteiger partial charge is 0.199 e. The van der Waals surface area contributed by atoms with E-state index in [1.807, 2.05) is 0 Å². The SMILES string of the molecule is Cc1cc(Cl)c(Cl)cc1S(=O)(=O)n1cccn1. The van der Waals surface area contributed by atoms with Crippen molar-refractivity contribution in [3.63, 3.8) is 0 Å². The Hall–Kier alpha value is -1.04. The highest BCUT2D eigenvalue weighted by molar-refractivity contribution is 7.89.